The molecule has 0 aliphatic rings. The van der Waals surface area contributed by atoms with E-state index in [9.17, 15) is 13.6 Å². The van der Waals surface area contributed by atoms with Crippen LogP contribution < -0.4 is 5.32 Å². The Morgan fingerprint density at radius 3 is 1.91 bits per heavy atom. The van der Waals surface area contributed by atoms with Gasteiger partial charge in [0, 0.05) is 19.6 Å². The number of benzene rings is 3. The molecule has 0 atom stereocenters. The van der Waals surface area contributed by atoms with E-state index in [4.69, 9.17) is 4.42 Å². The molecule has 0 bridgehead atoms. The van der Waals surface area contributed by atoms with E-state index >= 15 is 0 Å². The largest absolute Gasteiger partial charge is 0.455 e. The molecule has 6 heteroatoms. The number of halogens is 2. The standard InChI is InChI=1S/C27H24F2N2O2/c28-23-10-6-20(7-11-23)16-30-27(32)26-15-14-25(33-26)19-31(17-21-4-2-1-3-5-21)18-22-8-12-24(29)13-9-22/h1-15H,16-19H2,(H,30,32). The maximum atomic E-state index is 13.3. The van der Waals surface area contributed by atoms with E-state index in [1.54, 1.807) is 36.4 Å². The Bertz CT molecular complexity index is 1170. The fraction of sp³-hybridized carbons (Fsp3) is 0.148. The highest BCUT2D eigenvalue weighted by atomic mass is 19.1. The van der Waals surface area contributed by atoms with Crippen LogP contribution in [0.5, 0.6) is 0 Å². The summed E-state index contributed by atoms with van der Waals surface area (Å²) in [5, 5.41) is 2.78. The van der Waals surface area contributed by atoms with Crippen molar-refractivity contribution >= 4 is 5.91 Å². The third-order valence-corrected chi connectivity index (χ3v) is 5.20. The lowest BCUT2D eigenvalue weighted by Gasteiger charge is -2.21. The molecule has 0 aliphatic heterocycles. The zero-order valence-electron chi connectivity index (χ0n) is 18.0. The second-order valence-corrected chi connectivity index (χ2v) is 7.83. The number of carbonyl (C=O) groups excluding carboxylic acids is 1. The van der Waals surface area contributed by atoms with E-state index < -0.39 is 0 Å². The molecule has 0 unspecified atom stereocenters. The van der Waals surface area contributed by atoms with Gasteiger partial charge in [-0.3, -0.25) is 9.69 Å². The van der Waals surface area contributed by atoms with Crippen LogP contribution in [0.4, 0.5) is 8.78 Å². The molecule has 4 rings (SSSR count). The number of carbonyl (C=O) groups is 1. The Morgan fingerprint density at radius 2 is 1.27 bits per heavy atom. The molecule has 0 saturated heterocycles. The number of hydrogen-bond acceptors (Lipinski definition) is 3. The highest BCUT2D eigenvalue weighted by Gasteiger charge is 2.15. The maximum Gasteiger partial charge on any atom is 0.287 e. The van der Waals surface area contributed by atoms with E-state index in [0.29, 0.717) is 25.4 Å². The molecule has 0 radical (unpaired) electrons. The molecule has 0 saturated carbocycles. The van der Waals surface area contributed by atoms with Crippen LogP contribution in [0.25, 0.3) is 0 Å². The third kappa shape index (κ3) is 6.60. The van der Waals surface area contributed by atoms with Crippen molar-refractivity contribution in [2.24, 2.45) is 0 Å². The summed E-state index contributed by atoms with van der Waals surface area (Å²) in [4.78, 5) is 14.6. The van der Waals surface area contributed by atoms with Crippen molar-refractivity contribution in [1.82, 2.24) is 10.2 Å². The summed E-state index contributed by atoms with van der Waals surface area (Å²) in [6, 6.07) is 25.9. The monoisotopic (exact) mass is 446 g/mol. The predicted molar refractivity (Wildman–Crippen MR) is 122 cm³/mol. The van der Waals surface area contributed by atoms with Crippen LogP contribution in [0.3, 0.4) is 0 Å². The summed E-state index contributed by atoms with van der Waals surface area (Å²) in [6.45, 7) is 2.03. The SMILES string of the molecule is O=C(NCc1ccc(F)cc1)c1ccc(CN(Cc2ccccc2)Cc2ccc(F)cc2)o1. The number of hydrogen-bond donors (Lipinski definition) is 1. The van der Waals surface area contributed by atoms with Crippen molar-refractivity contribution in [3.05, 3.63) is 131 Å². The van der Waals surface area contributed by atoms with Crippen molar-refractivity contribution in [2.45, 2.75) is 26.2 Å². The van der Waals surface area contributed by atoms with Gasteiger partial charge in [-0.2, -0.15) is 0 Å². The predicted octanol–water partition coefficient (Wildman–Crippen LogP) is 5.69. The number of nitrogens with one attached hydrogen (secondary N) is 1. The Balaban J connectivity index is 1.41. The molecular formula is C27H24F2N2O2. The summed E-state index contributed by atoms with van der Waals surface area (Å²) < 4.78 is 32.1. The quantitative estimate of drug-likeness (QED) is 0.359. The molecule has 0 spiro atoms. The Hall–Kier alpha value is -3.77. The minimum atomic E-state index is -0.335. The van der Waals surface area contributed by atoms with E-state index in [1.165, 1.54) is 24.3 Å². The second kappa shape index (κ2) is 10.7. The lowest BCUT2D eigenvalue weighted by Crippen LogP contribution is -2.23. The van der Waals surface area contributed by atoms with Crippen molar-refractivity contribution in [3.8, 4) is 0 Å². The van der Waals surface area contributed by atoms with Gasteiger partial charge in [0.15, 0.2) is 5.76 Å². The first-order chi connectivity index (χ1) is 16.0. The van der Waals surface area contributed by atoms with Gasteiger partial charge in [0.05, 0.1) is 6.54 Å². The van der Waals surface area contributed by atoms with E-state index in [1.807, 2.05) is 30.3 Å². The van der Waals surface area contributed by atoms with Gasteiger partial charge in [-0.15, -0.1) is 0 Å². The summed E-state index contributed by atoms with van der Waals surface area (Å²) in [6.07, 6.45) is 0. The summed E-state index contributed by atoms with van der Waals surface area (Å²) in [5.41, 5.74) is 2.92. The van der Waals surface area contributed by atoms with Crippen LogP contribution in [0, 0.1) is 11.6 Å². The van der Waals surface area contributed by atoms with Crippen LogP contribution in [-0.2, 0) is 26.2 Å². The van der Waals surface area contributed by atoms with Crippen LogP contribution in [0.15, 0.2) is 95.4 Å². The van der Waals surface area contributed by atoms with Gasteiger partial charge in [0.2, 0.25) is 0 Å². The summed E-state index contributed by atoms with van der Waals surface area (Å²) in [5.74, 6) is -0.0515. The number of nitrogens with zero attached hydrogens (tertiary/aromatic N) is 1. The molecule has 168 valence electrons. The van der Waals surface area contributed by atoms with Crippen LogP contribution in [0.1, 0.15) is 33.0 Å². The van der Waals surface area contributed by atoms with Crippen molar-refractivity contribution in [3.63, 3.8) is 0 Å². The average molecular weight is 446 g/mol. The topological polar surface area (TPSA) is 45.5 Å². The van der Waals surface area contributed by atoms with Gasteiger partial charge in [-0.1, -0.05) is 54.6 Å². The minimum absolute atomic E-state index is 0.216. The molecule has 1 aromatic heterocycles. The number of furan rings is 1. The third-order valence-electron chi connectivity index (χ3n) is 5.20. The van der Waals surface area contributed by atoms with Crippen LogP contribution in [0.2, 0.25) is 0 Å². The molecule has 1 amide bonds. The van der Waals surface area contributed by atoms with Gasteiger partial charge in [-0.25, -0.2) is 8.78 Å². The highest BCUT2D eigenvalue weighted by Crippen LogP contribution is 2.17. The molecule has 0 aliphatic carbocycles. The van der Waals surface area contributed by atoms with E-state index in [2.05, 4.69) is 10.2 Å². The highest BCUT2D eigenvalue weighted by molar-refractivity contribution is 5.91. The summed E-state index contributed by atoms with van der Waals surface area (Å²) >= 11 is 0. The van der Waals surface area contributed by atoms with Crippen LogP contribution in [-0.4, -0.2) is 10.8 Å². The lowest BCUT2D eigenvalue weighted by atomic mass is 10.1. The smallest absolute Gasteiger partial charge is 0.287 e. The molecule has 1 heterocycles. The Kier molecular flexibility index (Phi) is 7.27. The van der Waals surface area contributed by atoms with Crippen molar-refractivity contribution < 1.29 is 18.0 Å². The zero-order valence-corrected chi connectivity index (χ0v) is 18.0. The first kappa shape index (κ1) is 22.4. The maximum absolute atomic E-state index is 13.3. The lowest BCUT2D eigenvalue weighted by molar-refractivity contribution is 0.0918. The number of amides is 1. The Morgan fingerprint density at radius 1 is 0.697 bits per heavy atom. The van der Waals surface area contributed by atoms with Gasteiger partial charge >= 0.3 is 0 Å². The van der Waals surface area contributed by atoms with Crippen LogP contribution >= 0.6 is 0 Å². The minimum Gasteiger partial charge on any atom is -0.455 e. The fourth-order valence-electron chi connectivity index (χ4n) is 3.53. The first-order valence-corrected chi connectivity index (χ1v) is 10.7. The van der Waals surface area contributed by atoms with E-state index in [0.717, 1.165) is 16.7 Å². The van der Waals surface area contributed by atoms with Crippen molar-refractivity contribution in [2.75, 3.05) is 0 Å². The zero-order chi connectivity index (χ0) is 23.0. The Labute approximate surface area is 191 Å². The van der Waals surface area contributed by atoms with Gasteiger partial charge < -0.3 is 9.73 Å². The van der Waals surface area contributed by atoms with Crippen molar-refractivity contribution in [1.29, 1.82) is 0 Å². The molecule has 4 aromatic rings. The first-order valence-electron chi connectivity index (χ1n) is 10.7. The van der Waals surface area contributed by atoms with Gasteiger partial charge in [0.25, 0.3) is 5.91 Å². The van der Waals surface area contributed by atoms with Gasteiger partial charge in [0.1, 0.15) is 17.4 Å². The second-order valence-electron chi connectivity index (χ2n) is 7.83. The van der Waals surface area contributed by atoms with E-state index in [-0.39, 0.29) is 29.8 Å². The fourth-order valence-corrected chi connectivity index (χ4v) is 3.53. The number of rotatable bonds is 9. The molecule has 3 aromatic carbocycles. The molecule has 0 fully saturated rings. The van der Waals surface area contributed by atoms with Gasteiger partial charge in [-0.05, 0) is 53.1 Å². The normalized spacial score (nSPS) is 11.0. The molecular weight excluding hydrogens is 422 g/mol. The molecule has 33 heavy (non-hydrogen) atoms. The average Bonchev–Trinajstić information content (AvgIpc) is 3.29. The molecule has 4 nitrogen and oxygen atoms in total. The summed E-state index contributed by atoms with van der Waals surface area (Å²) in [7, 11) is 0. The molecule has 1 N–H and O–H groups in total.